The van der Waals surface area contributed by atoms with E-state index in [1.807, 2.05) is 18.2 Å². The molecule has 0 heterocycles. The van der Waals surface area contributed by atoms with E-state index in [0.29, 0.717) is 18.9 Å². The molecule has 2 amide bonds. The Hall–Kier alpha value is -1.30. The Labute approximate surface area is 136 Å². The van der Waals surface area contributed by atoms with Gasteiger partial charge in [0.15, 0.2) is 0 Å². The quantitative estimate of drug-likeness (QED) is 0.720. The Kier molecular flexibility index (Phi) is 6.49. The van der Waals surface area contributed by atoms with Crippen LogP contribution in [0.4, 0.5) is 4.79 Å². The van der Waals surface area contributed by atoms with Gasteiger partial charge in [0.05, 0.1) is 12.6 Å². The van der Waals surface area contributed by atoms with Gasteiger partial charge in [0.25, 0.3) is 0 Å². The molecule has 6 heteroatoms. The molecule has 0 aliphatic heterocycles. The van der Waals surface area contributed by atoms with Crippen LogP contribution in [0.3, 0.4) is 0 Å². The van der Waals surface area contributed by atoms with E-state index in [4.69, 9.17) is 16.3 Å². The highest BCUT2D eigenvalue weighted by Gasteiger charge is 2.31. The lowest BCUT2D eigenvalue weighted by Crippen LogP contribution is -2.51. The molecule has 0 radical (unpaired) electrons. The van der Waals surface area contributed by atoms with E-state index < -0.39 is 0 Å². The molecule has 0 unspecified atom stereocenters. The van der Waals surface area contributed by atoms with Crippen molar-refractivity contribution in [2.24, 2.45) is 0 Å². The van der Waals surface area contributed by atoms with Crippen molar-refractivity contribution in [3.63, 3.8) is 0 Å². The first-order valence-electron chi connectivity index (χ1n) is 7.54. The fourth-order valence-corrected chi connectivity index (χ4v) is 2.85. The van der Waals surface area contributed by atoms with Gasteiger partial charge < -0.3 is 20.5 Å². The van der Waals surface area contributed by atoms with Crippen molar-refractivity contribution < 1.29 is 14.6 Å². The number of nitrogens with one attached hydrogen (secondary N) is 2. The number of amides is 2. The van der Waals surface area contributed by atoms with Crippen molar-refractivity contribution in [2.75, 3.05) is 20.3 Å². The van der Waals surface area contributed by atoms with Crippen LogP contribution in [0.25, 0.3) is 0 Å². The Bertz CT molecular complexity index is 492. The lowest BCUT2D eigenvalue weighted by molar-refractivity contribution is 0.157. The molecular formula is C16H23ClN2O3. The maximum absolute atomic E-state index is 11.9. The zero-order valence-electron chi connectivity index (χ0n) is 12.7. The number of hydrogen-bond donors (Lipinski definition) is 3. The summed E-state index contributed by atoms with van der Waals surface area (Å²) in [6.07, 6.45) is 2.42. The first kappa shape index (κ1) is 17.1. The van der Waals surface area contributed by atoms with Gasteiger partial charge in [-0.1, -0.05) is 23.7 Å². The summed E-state index contributed by atoms with van der Waals surface area (Å²) in [6, 6.07) is 7.53. The normalized spacial score (nSPS) is 21.8. The molecule has 122 valence electrons. The number of carbonyl (C=O) groups excluding carboxylic acids is 1. The van der Waals surface area contributed by atoms with Crippen LogP contribution >= 0.6 is 11.6 Å². The topological polar surface area (TPSA) is 70.6 Å². The highest BCUT2D eigenvalue weighted by atomic mass is 35.5. The van der Waals surface area contributed by atoms with Crippen LogP contribution in [0.5, 0.6) is 0 Å². The van der Waals surface area contributed by atoms with Gasteiger partial charge in [-0.2, -0.15) is 0 Å². The molecule has 0 saturated heterocycles. The molecule has 1 aromatic carbocycles. The molecule has 22 heavy (non-hydrogen) atoms. The van der Waals surface area contributed by atoms with Gasteiger partial charge in [0.1, 0.15) is 0 Å². The lowest BCUT2D eigenvalue weighted by atomic mass is 9.76. The average Bonchev–Trinajstić information content (AvgIpc) is 2.46. The van der Waals surface area contributed by atoms with E-state index in [1.54, 1.807) is 7.11 Å². The molecular weight excluding hydrogens is 304 g/mol. The number of aliphatic hydroxyl groups is 1. The summed E-state index contributed by atoms with van der Waals surface area (Å²) >= 11 is 5.99. The molecule has 2 rings (SSSR count). The number of carbonyl (C=O) groups is 1. The monoisotopic (exact) mass is 326 g/mol. The van der Waals surface area contributed by atoms with E-state index in [-0.39, 0.29) is 24.7 Å². The molecule has 1 atom stereocenters. The fraction of sp³-hybridized carbons (Fsp3) is 0.562. The number of benzene rings is 1. The average molecular weight is 327 g/mol. The maximum Gasteiger partial charge on any atom is 0.315 e. The van der Waals surface area contributed by atoms with E-state index in [0.717, 1.165) is 17.9 Å². The zero-order valence-corrected chi connectivity index (χ0v) is 13.5. The fourth-order valence-electron chi connectivity index (χ4n) is 2.65. The molecule has 0 bridgehead atoms. The van der Waals surface area contributed by atoms with Crippen molar-refractivity contribution in [1.29, 1.82) is 0 Å². The Morgan fingerprint density at radius 3 is 2.91 bits per heavy atom. The molecule has 3 N–H and O–H groups in total. The first-order chi connectivity index (χ1) is 10.6. The van der Waals surface area contributed by atoms with Crippen LogP contribution in [0, 0.1) is 0 Å². The van der Waals surface area contributed by atoms with Crippen LogP contribution in [0.1, 0.15) is 30.7 Å². The van der Waals surface area contributed by atoms with Gasteiger partial charge in [-0.25, -0.2) is 4.79 Å². The zero-order chi connectivity index (χ0) is 15.9. The number of urea groups is 1. The summed E-state index contributed by atoms with van der Waals surface area (Å²) in [5, 5.41) is 15.7. The third kappa shape index (κ3) is 4.87. The Morgan fingerprint density at radius 1 is 1.50 bits per heavy atom. The number of aliphatic hydroxyl groups excluding tert-OH is 1. The largest absolute Gasteiger partial charge is 0.394 e. The molecule has 1 aromatic rings. The molecule has 1 saturated carbocycles. The number of rotatable bonds is 7. The number of hydrogen-bond acceptors (Lipinski definition) is 3. The van der Waals surface area contributed by atoms with Gasteiger partial charge in [-0.15, -0.1) is 0 Å². The second kappa shape index (κ2) is 8.36. The SMILES string of the molecule is COCC[C@@H](CO)NC(=O)NC1CC(c2cccc(Cl)c2)C1. The molecule has 0 aromatic heterocycles. The van der Waals surface area contributed by atoms with Crippen LogP contribution in [-0.4, -0.2) is 43.5 Å². The molecule has 1 aliphatic carbocycles. The standard InChI is InChI=1S/C16H23ClN2O3/c1-22-6-5-14(10-20)18-16(21)19-15-8-12(9-15)11-3-2-4-13(17)7-11/h2-4,7,12,14-15,20H,5-6,8-10H2,1H3,(H2,18,19,21)/t12?,14-,15?/m0/s1. The maximum atomic E-state index is 11.9. The molecule has 1 fully saturated rings. The van der Waals surface area contributed by atoms with Crippen molar-refractivity contribution >= 4 is 17.6 Å². The third-order valence-corrected chi connectivity index (χ3v) is 4.25. The minimum Gasteiger partial charge on any atom is -0.394 e. The summed E-state index contributed by atoms with van der Waals surface area (Å²) in [6.45, 7) is 0.415. The number of methoxy groups -OCH3 is 1. The minimum atomic E-state index is -0.274. The van der Waals surface area contributed by atoms with Crippen molar-refractivity contribution in [2.45, 2.75) is 37.3 Å². The second-order valence-corrected chi connectivity index (χ2v) is 6.14. The first-order valence-corrected chi connectivity index (χ1v) is 7.92. The van der Waals surface area contributed by atoms with Gasteiger partial charge >= 0.3 is 6.03 Å². The van der Waals surface area contributed by atoms with Gasteiger partial charge in [-0.05, 0) is 42.9 Å². The van der Waals surface area contributed by atoms with E-state index in [9.17, 15) is 9.90 Å². The van der Waals surface area contributed by atoms with Crippen molar-refractivity contribution in [3.8, 4) is 0 Å². The van der Waals surface area contributed by atoms with Gasteiger partial charge in [0, 0.05) is 24.8 Å². The van der Waals surface area contributed by atoms with Crippen molar-refractivity contribution in [1.82, 2.24) is 10.6 Å². The van der Waals surface area contributed by atoms with Crippen molar-refractivity contribution in [3.05, 3.63) is 34.9 Å². The summed E-state index contributed by atoms with van der Waals surface area (Å²) < 4.78 is 4.95. The van der Waals surface area contributed by atoms with Crippen LogP contribution in [0.2, 0.25) is 5.02 Å². The Balaban J connectivity index is 1.71. The minimum absolute atomic E-state index is 0.0907. The van der Waals surface area contributed by atoms with E-state index in [2.05, 4.69) is 16.7 Å². The predicted octanol–water partition coefficient (Wildman–Crippen LogP) is 2.28. The highest BCUT2D eigenvalue weighted by molar-refractivity contribution is 6.30. The lowest BCUT2D eigenvalue weighted by Gasteiger charge is -2.36. The van der Waals surface area contributed by atoms with Crippen LogP contribution in [0.15, 0.2) is 24.3 Å². The van der Waals surface area contributed by atoms with E-state index >= 15 is 0 Å². The molecule has 0 spiro atoms. The van der Waals surface area contributed by atoms with Gasteiger partial charge in [0.2, 0.25) is 0 Å². The van der Waals surface area contributed by atoms with Gasteiger partial charge in [-0.3, -0.25) is 0 Å². The molecule has 1 aliphatic rings. The van der Waals surface area contributed by atoms with Crippen LogP contribution in [-0.2, 0) is 4.74 Å². The highest BCUT2D eigenvalue weighted by Crippen LogP contribution is 2.37. The summed E-state index contributed by atoms with van der Waals surface area (Å²) in [5.74, 6) is 0.450. The Morgan fingerprint density at radius 2 is 2.27 bits per heavy atom. The number of ether oxygens (including phenoxy) is 1. The summed E-state index contributed by atoms with van der Waals surface area (Å²) in [5.41, 5.74) is 1.22. The smallest absolute Gasteiger partial charge is 0.315 e. The molecule has 5 nitrogen and oxygen atoms in total. The number of halogens is 1. The summed E-state index contributed by atoms with van der Waals surface area (Å²) in [4.78, 5) is 11.9. The predicted molar refractivity (Wildman–Crippen MR) is 86.2 cm³/mol. The summed E-state index contributed by atoms with van der Waals surface area (Å²) in [7, 11) is 1.60. The second-order valence-electron chi connectivity index (χ2n) is 5.70. The third-order valence-electron chi connectivity index (χ3n) is 4.02. The van der Waals surface area contributed by atoms with Crippen LogP contribution < -0.4 is 10.6 Å². The van der Waals surface area contributed by atoms with E-state index in [1.165, 1.54) is 5.56 Å².